The van der Waals surface area contributed by atoms with Gasteiger partial charge in [0.15, 0.2) is 5.75 Å². The van der Waals surface area contributed by atoms with Gasteiger partial charge in [-0.2, -0.15) is 0 Å². The molecule has 0 unspecified atom stereocenters. The molecule has 0 amide bonds. The first-order valence-corrected chi connectivity index (χ1v) is 6.16. The summed E-state index contributed by atoms with van der Waals surface area (Å²) in [5.74, 6) is -0.356. The van der Waals surface area contributed by atoms with Gasteiger partial charge in [-0.15, -0.1) is 12.4 Å². The van der Waals surface area contributed by atoms with Crippen molar-refractivity contribution in [2.45, 2.75) is 6.04 Å². The van der Waals surface area contributed by atoms with Crippen molar-refractivity contribution in [2.75, 3.05) is 32.8 Å². The van der Waals surface area contributed by atoms with Gasteiger partial charge >= 0.3 is 5.69 Å². The first-order valence-electron chi connectivity index (χ1n) is 6.16. The van der Waals surface area contributed by atoms with Crippen LogP contribution >= 0.6 is 12.4 Å². The molecular weight excluding hydrogens is 286 g/mol. The van der Waals surface area contributed by atoms with Crippen LogP contribution in [0.3, 0.4) is 0 Å². The van der Waals surface area contributed by atoms with Crippen LogP contribution in [-0.2, 0) is 0 Å². The summed E-state index contributed by atoms with van der Waals surface area (Å²) in [6, 6.07) is 3.98. The maximum Gasteiger partial charge on any atom is 0.311 e. The number of nitrogens with one attached hydrogen (secondary N) is 1. The van der Waals surface area contributed by atoms with Gasteiger partial charge in [0.1, 0.15) is 0 Å². The van der Waals surface area contributed by atoms with Crippen molar-refractivity contribution < 1.29 is 15.1 Å². The molecule has 1 aromatic carbocycles. The third-order valence-corrected chi connectivity index (χ3v) is 3.35. The lowest BCUT2D eigenvalue weighted by atomic mass is 10.0. The quantitative estimate of drug-likeness (QED) is 0.558. The highest BCUT2D eigenvalue weighted by Crippen LogP contribution is 2.30. The van der Waals surface area contributed by atoms with Crippen LogP contribution in [0, 0.1) is 10.1 Å². The summed E-state index contributed by atoms with van der Waals surface area (Å²) >= 11 is 0. The van der Waals surface area contributed by atoms with Crippen LogP contribution in [0.25, 0.3) is 0 Å². The summed E-state index contributed by atoms with van der Waals surface area (Å²) in [6.07, 6.45) is 0. The van der Waals surface area contributed by atoms with Gasteiger partial charge in [-0.25, -0.2) is 0 Å². The molecule has 20 heavy (non-hydrogen) atoms. The molecule has 7 nitrogen and oxygen atoms in total. The molecule has 1 aliphatic heterocycles. The number of phenols is 1. The average molecular weight is 304 g/mol. The summed E-state index contributed by atoms with van der Waals surface area (Å²) in [5, 5.41) is 33.0. The number of rotatable bonds is 4. The summed E-state index contributed by atoms with van der Waals surface area (Å²) in [6.45, 7) is 3.11. The van der Waals surface area contributed by atoms with Gasteiger partial charge in [-0.05, 0) is 11.6 Å². The molecule has 3 N–H and O–H groups in total. The molecule has 1 aliphatic rings. The van der Waals surface area contributed by atoms with E-state index in [2.05, 4.69) is 10.2 Å². The second-order valence-electron chi connectivity index (χ2n) is 4.49. The Kier molecular flexibility index (Phi) is 6.15. The number of aliphatic hydroxyl groups is 1. The fraction of sp³-hybridized carbons (Fsp3) is 0.500. The van der Waals surface area contributed by atoms with Crippen LogP contribution in [0.1, 0.15) is 11.6 Å². The van der Waals surface area contributed by atoms with E-state index < -0.39 is 4.92 Å². The van der Waals surface area contributed by atoms with E-state index in [0.717, 1.165) is 26.2 Å². The van der Waals surface area contributed by atoms with Gasteiger partial charge in [0.05, 0.1) is 17.6 Å². The summed E-state index contributed by atoms with van der Waals surface area (Å²) in [4.78, 5) is 12.3. The molecule has 1 aromatic rings. The van der Waals surface area contributed by atoms with Gasteiger partial charge in [-0.1, -0.05) is 6.07 Å². The molecular formula is C12H18ClN3O4. The molecule has 1 atom stereocenters. The maximum atomic E-state index is 10.8. The highest BCUT2D eigenvalue weighted by atomic mass is 35.5. The number of hydrogen-bond donors (Lipinski definition) is 3. The van der Waals surface area contributed by atoms with Gasteiger partial charge in [0.25, 0.3) is 0 Å². The zero-order chi connectivity index (χ0) is 13.8. The monoisotopic (exact) mass is 303 g/mol. The molecule has 1 fully saturated rings. The fourth-order valence-corrected chi connectivity index (χ4v) is 2.32. The minimum Gasteiger partial charge on any atom is -0.502 e. The van der Waals surface area contributed by atoms with Gasteiger partial charge in [-0.3, -0.25) is 15.0 Å². The number of nitro benzene ring substituents is 1. The molecule has 0 bridgehead atoms. The summed E-state index contributed by atoms with van der Waals surface area (Å²) < 4.78 is 0. The van der Waals surface area contributed by atoms with E-state index in [1.807, 2.05) is 0 Å². The zero-order valence-corrected chi connectivity index (χ0v) is 11.7. The average Bonchev–Trinajstić information content (AvgIpc) is 2.42. The molecule has 0 aromatic heterocycles. The Labute approximate surface area is 122 Å². The van der Waals surface area contributed by atoms with E-state index in [4.69, 9.17) is 0 Å². The number of hydrogen-bond acceptors (Lipinski definition) is 6. The van der Waals surface area contributed by atoms with E-state index in [9.17, 15) is 20.3 Å². The minimum atomic E-state index is -0.620. The van der Waals surface area contributed by atoms with Crippen molar-refractivity contribution in [3.05, 3.63) is 33.9 Å². The number of nitro groups is 1. The topological polar surface area (TPSA) is 98.9 Å². The van der Waals surface area contributed by atoms with Crippen LogP contribution in [0.2, 0.25) is 0 Å². The Morgan fingerprint density at radius 3 is 2.60 bits per heavy atom. The van der Waals surface area contributed by atoms with E-state index in [-0.39, 0.29) is 36.5 Å². The Morgan fingerprint density at radius 2 is 2.05 bits per heavy atom. The van der Waals surface area contributed by atoms with Crippen LogP contribution < -0.4 is 5.32 Å². The number of piperazine rings is 1. The minimum absolute atomic E-state index is 0. The Bertz CT molecular complexity index is 466. The Hall–Kier alpha value is -1.41. The molecule has 1 heterocycles. The number of benzene rings is 1. The lowest BCUT2D eigenvalue weighted by Crippen LogP contribution is -2.46. The van der Waals surface area contributed by atoms with E-state index >= 15 is 0 Å². The molecule has 0 saturated carbocycles. The third-order valence-electron chi connectivity index (χ3n) is 3.35. The van der Waals surface area contributed by atoms with E-state index in [0.29, 0.717) is 5.56 Å². The lowest BCUT2D eigenvalue weighted by Gasteiger charge is -2.34. The zero-order valence-electron chi connectivity index (χ0n) is 10.9. The standard InChI is InChI=1S/C12H17N3O4.ClH/c16-8-11(14-5-3-13-4-6-14)9-1-2-12(17)10(7-9)15(18)19;/h1-2,7,11,13,16-17H,3-6,8H2;1H/t11-;/m0./s1. The smallest absolute Gasteiger partial charge is 0.311 e. The second-order valence-corrected chi connectivity index (χ2v) is 4.49. The van der Waals surface area contributed by atoms with Crippen LogP contribution in [0.5, 0.6) is 5.75 Å². The van der Waals surface area contributed by atoms with Gasteiger partial charge in [0, 0.05) is 32.2 Å². The number of aliphatic hydroxyl groups excluding tert-OH is 1. The van der Waals surface area contributed by atoms with Crippen LogP contribution in [0.4, 0.5) is 5.69 Å². The van der Waals surface area contributed by atoms with Gasteiger partial charge in [0.2, 0.25) is 0 Å². The van der Waals surface area contributed by atoms with Crippen LogP contribution in [-0.4, -0.2) is 52.8 Å². The second kappa shape index (κ2) is 7.39. The maximum absolute atomic E-state index is 10.8. The first-order chi connectivity index (χ1) is 9.13. The molecule has 0 aliphatic carbocycles. The normalized spacial score (nSPS) is 17.2. The number of aromatic hydroxyl groups is 1. The predicted octanol–water partition coefficient (Wildman–Crippen LogP) is 0.661. The molecule has 8 heteroatoms. The molecule has 1 saturated heterocycles. The first kappa shape index (κ1) is 16.6. The Morgan fingerprint density at radius 1 is 1.40 bits per heavy atom. The number of halogens is 1. The van der Waals surface area contributed by atoms with Gasteiger partial charge < -0.3 is 15.5 Å². The molecule has 0 spiro atoms. The van der Waals surface area contributed by atoms with Crippen molar-refractivity contribution in [2.24, 2.45) is 0 Å². The number of nitrogens with zero attached hydrogens (tertiary/aromatic N) is 2. The summed E-state index contributed by atoms with van der Waals surface area (Å²) in [5.41, 5.74) is 0.319. The van der Waals surface area contributed by atoms with Crippen molar-refractivity contribution in [3.8, 4) is 5.75 Å². The van der Waals surface area contributed by atoms with Crippen molar-refractivity contribution >= 4 is 18.1 Å². The fourth-order valence-electron chi connectivity index (χ4n) is 2.32. The van der Waals surface area contributed by atoms with Crippen molar-refractivity contribution in [1.29, 1.82) is 0 Å². The molecule has 0 radical (unpaired) electrons. The predicted molar refractivity (Wildman–Crippen MR) is 76.3 cm³/mol. The van der Waals surface area contributed by atoms with E-state index in [1.54, 1.807) is 6.07 Å². The molecule has 112 valence electrons. The SMILES string of the molecule is Cl.O=[N+]([O-])c1cc([C@H](CO)N2CCNCC2)ccc1O. The van der Waals surface area contributed by atoms with Crippen molar-refractivity contribution in [3.63, 3.8) is 0 Å². The highest BCUT2D eigenvalue weighted by molar-refractivity contribution is 5.85. The van der Waals surface area contributed by atoms with Crippen LogP contribution in [0.15, 0.2) is 18.2 Å². The third kappa shape index (κ3) is 3.57. The van der Waals surface area contributed by atoms with Crippen molar-refractivity contribution in [1.82, 2.24) is 10.2 Å². The van der Waals surface area contributed by atoms with E-state index in [1.165, 1.54) is 12.1 Å². The lowest BCUT2D eigenvalue weighted by molar-refractivity contribution is -0.386. The highest BCUT2D eigenvalue weighted by Gasteiger charge is 2.24. The largest absolute Gasteiger partial charge is 0.502 e. The Balaban J connectivity index is 0.00000200. The molecule has 2 rings (SSSR count). The number of phenolic OH excluding ortho intramolecular Hbond substituents is 1. The summed E-state index contributed by atoms with van der Waals surface area (Å²) in [7, 11) is 0.